The minimum absolute atomic E-state index is 0.0214. The van der Waals surface area contributed by atoms with Crippen molar-refractivity contribution in [1.82, 2.24) is 4.98 Å². The van der Waals surface area contributed by atoms with Crippen LogP contribution in [0.4, 0.5) is 15.2 Å². The second-order valence-corrected chi connectivity index (χ2v) is 6.93. The molecule has 5 nitrogen and oxygen atoms in total. The van der Waals surface area contributed by atoms with Gasteiger partial charge < -0.3 is 10.6 Å². The molecule has 0 spiro atoms. The van der Waals surface area contributed by atoms with Crippen molar-refractivity contribution in [1.29, 1.82) is 0 Å². The number of nitrogens with one attached hydrogen (secondary N) is 2. The van der Waals surface area contributed by atoms with E-state index in [0.29, 0.717) is 16.3 Å². The van der Waals surface area contributed by atoms with E-state index < -0.39 is 11.7 Å². The van der Waals surface area contributed by atoms with Crippen molar-refractivity contribution in [3.63, 3.8) is 0 Å². The number of rotatable bonds is 3. The quantitative estimate of drug-likeness (QED) is 0.613. The van der Waals surface area contributed by atoms with E-state index in [4.69, 9.17) is 23.2 Å². The molecule has 2 N–H and O–H groups in total. The Bertz CT molecular complexity index is 1010. The summed E-state index contributed by atoms with van der Waals surface area (Å²) in [5.41, 5.74) is 1.15. The summed E-state index contributed by atoms with van der Waals surface area (Å²) in [5, 5.41) is 5.62. The molecule has 9 heteroatoms. The summed E-state index contributed by atoms with van der Waals surface area (Å²) < 4.78 is 14.3. The normalized spacial score (nSPS) is 10.7. The van der Waals surface area contributed by atoms with E-state index in [1.165, 1.54) is 24.3 Å². The van der Waals surface area contributed by atoms with Crippen LogP contribution < -0.4 is 10.6 Å². The molecule has 0 saturated heterocycles. The summed E-state index contributed by atoms with van der Waals surface area (Å²) in [5.74, 6) is -1.51. The van der Waals surface area contributed by atoms with Gasteiger partial charge in [-0.1, -0.05) is 34.5 Å². The maximum atomic E-state index is 13.6. The Morgan fingerprint density at radius 3 is 2.60 bits per heavy atom. The van der Waals surface area contributed by atoms with Crippen LogP contribution >= 0.6 is 34.5 Å². The third kappa shape index (κ3) is 3.89. The minimum Gasteiger partial charge on any atom is -0.322 e. The van der Waals surface area contributed by atoms with Crippen LogP contribution in [0.1, 0.15) is 17.3 Å². The van der Waals surface area contributed by atoms with Gasteiger partial charge in [0.1, 0.15) is 5.82 Å². The van der Waals surface area contributed by atoms with E-state index in [0.717, 1.165) is 10.8 Å². The van der Waals surface area contributed by atoms with Gasteiger partial charge in [0.05, 0.1) is 25.8 Å². The average Bonchev–Trinajstić information content (AvgIpc) is 2.91. The van der Waals surface area contributed by atoms with Crippen LogP contribution in [0.5, 0.6) is 0 Å². The number of benzene rings is 2. The molecule has 0 atom stereocenters. The minimum atomic E-state index is -0.728. The van der Waals surface area contributed by atoms with Crippen LogP contribution in [0.15, 0.2) is 30.3 Å². The van der Waals surface area contributed by atoms with Crippen molar-refractivity contribution >= 4 is 67.4 Å². The fourth-order valence-electron chi connectivity index (χ4n) is 2.10. The molecular formula is C16H10Cl2FN3O2S. The van der Waals surface area contributed by atoms with Gasteiger partial charge in [0.15, 0.2) is 5.13 Å². The standard InChI is InChI=1S/C16H10Cl2FN3O2S/c1-7(23)20-16-22-13-3-2-8(4-14(13)25-16)21-15(24)9-5-12(19)11(18)6-10(9)17/h2-6H,1H3,(H,21,24)(H,20,22,23). The number of halogens is 3. The zero-order chi connectivity index (χ0) is 18.1. The maximum Gasteiger partial charge on any atom is 0.257 e. The van der Waals surface area contributed by atoms with Gasteiger partial charge in [0.25, 0.3) is 5.91 Å². The summed E-state index contributed by atoms with van der Waals surface area (Å²) in [6, 6.07) is 7.23. The fourth-order valence-corrected chi connectivity index (χ4v) is 3.52. The number of hydrogen-bond donors (Lipinski definition) is 2. The Labute approximate surface area is 155 Å². The zero-order valence-electron chi connectivity index (χ0n) is 12.7. The first-order chi connectivity index (χ1) is 11.8. The molecule has 1 aromatic heterocycles. The van der Waals surface area contributed by atoms with Crippen molar-refractivity contribution < 1.29 is 14.0 Å². The molecule has 0 saturated carbocycles. The summed E-state index contributed by atoms with van der Waals surface area (Å²) in [4.78, 5) is 27.7. The molecule has 128 valence electrons. The molecule has 3 rings (SSSR count). The van der Waals surface area contributed by atoms with E-state index in [9.17, 15) is 14.0 Å². The van der Waals surface area contributed by atoms with Crippen LogP contribution in [-0.4, -0.2) is 16.8 Å². The second-order valence-electron chi connectivity index (χ2n) is 5.08. The molecule has 25 heavy (non-hydrogen) atoms. The first-order valence-corrected chi connectivity index (χ1v) is 8.55. The number of fused-ring (bicyclic) bond motifs is 1. The monoisotopic (exact) mass is 397 g/mol. The number of hydrogen-bond acceptors (Lipinski definition) is 4. The number of anilines is 2. The van der Waals surface area contributed by atoms with Crippen molar-refractivity contribution in [2.24, 2.45) is 0 Å². The van der Waals surface area contributed by atoms with Crippen LogP contribution in [0.3, 0.4) is 0 Å². The Hall–Kier alpha value is -2.22. The number of carbonyl (C=O) groups excluding carboxylic acids is 2. The third-order valence-corrected chi connectivity index (χ3v) is 4.72. The SMILES string of the molecule is CC(=O)Nc1nc2ccc(NC(=O)c3cc(F)c(Cl)cc3Cl)cc2s1. The van der Waals surface area contributed by atoms with Gasteiger partial charge in [-0.3, -0.25) is 9.59 Å². The van der Waals surface area contributed by atoms with Crippen molar-refractivity contribution in [3.05, 3.63) is 51.8 Å². The summed E-state index contributed by atoms with van der Waals surface area (Å²) in [6.45, 7) is 1.40. The van der Waals surface area contributed by atoms with E-state index in [2.05, 4.69) is 15.6 Å². The molecule has 0 bridgehead atoms. The van der Waals surface area contributed by atoms with Crippen LogP contribution in [0.25, 0.3) is 10.2 Å². The molecule has 2 aromatic carbocycles. The smallest absolute Gasteiger partial charge is 0.257 e. The maximum absolute atomic E-state index is 13.6. The first-order valence-electron chi connectivity index (χ1n) is 6.97. The lowest BCUT2D eigenvalue weighted by atomic mass is 10.2. The molecule has 0 fully saturated rings. The largest absolute Gasteiger partial charge is 0.322 e. The Morgan fingerprint density at radius 1 is 1.12 bits per heavy atom. The van der Waals surface area contributed by atoms with Crippen LogP contribution in [0.2, 0.25) is 10.0 Å². The highest BCUT2D eigenvalue weighted by Gasteiger charge is 2.15. The molecule has 3 aromatic rings. The van der Waals surface area contributed by atoms with Crippen molar-refractivity contribution in [2.75, 3.05) is 10.6 Å². The number of aromatic nitrogens is 1. The van der Waals surface area contributed by atoms with Crippen molar-refractivity contribution in [2.45, 2.75) is 6.92 Å². The molecular weight excluding hydrogens is 388 g/mol. The Balaban J connectivity index is 1.86. The number of thiazole rings is 1. The zero-order valence-corrected chi connectivity index (χ0v) is 15.0. The molecule has 0 aliphatic rings. The van der Waals surface area contributed by atoms with Gasteiger partial charge >= 0.3 is 0 Å². The number of nitrogens with zero attached hydrogens (tertiary/aromatic N) is 1. The summed E-state index contributed by atoms with van der Waals surface area (Å²) >= 11 is 12.8. The van der Waals surface area contributed by atoms with E-state index in [-0.39, 0.29) is 21.5 Å². The Kier molecular flexibility index (Phi) is 4.89. The predicted molar refractivity (Wildman–Crippen MR) is 98.3 cm³/mol. The van der Waals surface area contributed by atoms with E-state index in [1.54, 1.807) is 18.2 Å². The fraction of sp³-hybridized carbons (Fsp3) is 0.0625. The molecule has 0 radical (unpaired) electrons. The van der Waals surface area contributed by atoms with Gasteiger partial charge in [0, 0.05) is 12.6 Å². The molecule has 1 heterocycles. The van der Waals surface area contributed by atoms with Gasteiger partial charge in [0.2, 0.25) is 5.91 Å². The van der Waals surface area contributed by atoms with Gasteiger partial charge in [-0.05, 0) is 30.3 Å². The van der Waals surface area contributed by atoms with Gasteiger partial charge in [-0.2, -0.15) is 0 Å². The van der Waals surface area contributed by atoms with Gasteiger partial charge in [-0.25, -0.2) is 9.37 Å². The third-order valence-electron chi connectivity index (χ3n) is 3.18. The average molecular weight is 398 g/mol. The number of amides is 2. The lowest BCUT2D eigenvalue weighted by Crippen LogP contribution is -2.12. The predicted octanol–water partition coefficient (Wildman–Crippen LogP) is 4.95. The van der Waals surface area contributed by atoms with E-state index >= 15 is 0 Å². The lowest BCUT2D eigenvalue weighted by molar-refractivity contribution is -0.114. The highest BCUT2D eigenvalue weighted by molar-refractivity contribution is 7.22. The summed E-state index contributed by atoms with van der Waals surface area (Å²) in [7, 11) is 0. The van der Waals surface area contributed by atoms with Gasteiger partial charge in [-0.15, -0.1) is 0 Å². The van der Waals surface area contributed by atoms with Crippen molar-refractivity contribution in [3.8, 4) is 0 Å². The topological polar surface area (TPSA) is 71.1 Å². The van der Waals surface area contributed by atoms with Crippen LogP contribution in [-0.2, 0) is 4.79 Å². The molecule has 2 amide bonds. The second kappa shape index (κ2) is 6.95. The number of carbonyl (C=O) groups is 2. The molecule has 0 unspecified atom stereocenters. The highest BCUT2D eigenvalue weighted by atomic mass is 35.5. The first kappa shape index (κ1) is 17.6. The lowest BCUT2D eigenvalue weighted by Gasteiger charge is -2.07. The summed E-state index contributed by atoms with van der Waals surface area (Å²) in [6.07, 6.45) is 0. The molecule has 0 aliphatic heterocycles. The van der Waals surface area contributed by atoms with Crippen LogP contribution in [0, 0.1) is 5.82 Å². The Morgan fingerprint density at radius 2 is 1.88 bits per heavy atom. The highest BCUT2D eigenvalue weighted by Crippen LogP contribution is 2.29. The van der Waals surface area contributed by atoms with E-state index in [1.807, 2.05) is 0 Å². The molecule has 0 aliphatic carbocycles.